The van der Waals surface area contributed by atoms with Gasteiger partial charge in [-0.1, -0.05) is 6.92 Å². The summed E-state index contributed by atoms with van der Waals surface area (Å²) in [6.45, 7) is 5.08. The monoisotopic (exact) mass is 464 g/mol. The highest BCUT2D eigenvalue weighted by molar-refractivity contribution is 7.09. The Bertz CT molecular complexity index is 1210. The highest BCUT2D eigenvalue weighted by Crippen LogP contribution is 2.38. The Labute approximate surface area is 195 Å². The van der Waals surface area contributed by atoms with E-state index >= 15 is 0 Å². The van der Waals surface area contributed by atoms with Crippen LogP contribution in [0, 0.1) is 6.92 Å². The van der Waals surface area contributed by atoms with Crippen molar-refractivity contribution in [1.29, 1.82) is 0 Å². The molecule has 0 spiro atoms. The Morgan fingerprint density at radius 1 is 1.12 bits per heavy atom. The van der Waals surface area contributed by atoms with Crippen LogP contribution in [-0.2, 0) is 14.4 Å². The second-order valence-corrected chi connectivity index (χ2v) is 8.74. The van der Waals surface area contributed by atoms with Crippen LogP contribution in [0.25, 0.3) is 11.3 Å². The van der Waals surface area contributed by atoms with Crippen LogP contribution in [0.5, 0.6) is 5.75 Å². The molecule has 0 radical (unpaired) electrons. The van der Waals surface area contributed by atoms with Crippen LogP contribution < -0.4 is 20.3 Å². The number of rotatable bonds is 6. The molecule has 0 saturated carbocycles. The maximum Gasteiger partial charge on any atom is 0.268 e. The molecule has 2 aromatic carbocycles. The lowest BCUT2D eigenvalue weighted by molar-refractivity contribution is -0.128. The summed E-state index contributed by atoms with van der Waals surface area (Å²) in [6.07, 6.45) is -0.150. The fourth-order valence-corrected chi connectivity index (χ4v) is 4.21. The van der Waals surface area contributed by atoms with Crippen LogP contribution in [-0.4, -0.2) is 35.4 Å². The van der Waals surface area contributed by atoms with E-state index in [1.807, 2.05) is 37.4 Å². The smallest absolute Gasteiger partial charge is 0.268 e. The molecule has 170 valence electrons. The number of carbonyl (C=O) groups excluding carboxylic acids is 3. The first-order valence-electron chi connectivity index (χ1n) is 10.6. The normalized spacial score (nSPS) is 14.9. The van der Waals surface area contributed by atoms with Crippen molar-refractivity contribution >= 4 is 46.1 Å². The molecule has 33 heavy (non-hydrogen) atoms. The van der Waals surface area contributed by atoms with Crippen molar-refractivity contribution < 1.29 is 19.1 Å². The lowest BCUT2D eigenvalue weighted by Gasteiger charge is -2.34. The average molecular weight is 465 g/mol. The van der Waals surface area contributed by atoms with E-state index in [4.69, 9.17) is 4.74 Å². The van der Waals surface area contributed by atoms with Crippen LogP contribution in [0.3, 0.4) is 0 Å². The largest absolute Gasteiger partial charge is 0.478 e. The predicted octanol–water partition coefficient (Wildman–Crippen LogP) is 4.22. The van der Waals surface area contributed by atoms with Gasteiger partial charge in [-0.05, 0) is 55.8 Å². The van der Waals surface area contributed by atoms with E-state index in [-0.39, 0.29) is 24.3 Å². The molecular weight excluding hydrogens is 440 g/mol. The van der Waals surface area contributed by atoms with Gasteiger partial charge < -0.3 is 15.4 Å². The van der Waals surface area contributed by atoms with Gasteiger partial charge in [-0.25, -0.2) is 4.98 Å². The number of nitrogens with one attached hydrogen (secondary N) is 2. The number of thiazole rings is 1. The van der Waals surface area contributed by atoms with E-state index in [1.54, 1.807) is 35.6 Å². The summed E-state index contributed by atoms with van der Waals surface area (Å²) < 4.78 is 5.89. The zero-order valence-electron chi connectivity index (χ0n) is 18.5. The molecule has 0 bridgehead atoms. The van der Waals surface area contributed by atoms with Crippen LogP contribution in [0.1, 0.15) is 25.3 Å². The molecule has 9 heteroatoms. The summed E-state index contributed by atoms with van der Waals surface area (Å²) in [5, 5.41) is 8.39. The third kappa shape index (κ3) is 5.04. The molecule has 1 aromatic heterocycles. The van der Waals surface area contributed by atoms with Gasteiger partial charge in [0.1, 0.15) is 12.3 Å². The van der Waals surface area contributed by atoms with E-state index in [0.717, 1.165) is 16.3 Å². The standard InChI is InChI=1S/C24H24N4O4S/c1-4-21-24(31)28(12-23(30)27-18-8-6-17(7-9-18)25-14(2)29)20-11-16(5-10-22(20)32-21)19-13-33-15(3)26-19/h5-11,13,21H,4,12H2,1-3H3,(H,25,29)(H,27,30). The minimum atomic E-state index is -0.644. The zero-order chi connectivity index (χ0) is 23.5. The van der Waals surface area contributed by atoms with Gasteiger partial charge in [0.2, 0.25) is 11.8 Å². The summed E-state index contributed by atoms with van der Waals surface area (Å²) >= 11 is 1.55. The number of carbonyl (C=O) groups is 3. The van der Waals surface area contributed by atoms with E-state index in [1.165, 1.54) is 11.8 Å². The summed E-state index contributed by atoms with van der Waals surface area (Å²) in [5.74, 6) is -0.209. The zero-order valence-corrected chi connectivity index (χ0v) is 19.4. The quantitative estimate of drug-likeness (QED) is 0.569. The van der Waals surface area contributed by atoms with Crippen LogP contribution >= 0.6 is 11.3 Å². The Hall–Kier alpha value is -3.72. The van der Waals surface area contributed by atoms with Gasteiger partial charge in [-0.15, -0.1) is 11.3 Å². The molecule has 4 rings (SSSR count). The predicted molar refractivity (Wildman–Crippen MR) is 129 cm³/mol. The Morgan fingerprint density at radius 2 is 1.82 bits per heavy atom. The molecule has 1 atom stereocenters. The topological polar surface area (TPSA) is 101 Å². The average Bonchev–Trinajstić information content (AvgIpc) is 3.22. The van der Waals surface area contributed by atoms with Crippen LogP contribution in [0.4, 0.5) is 17.1 Å². The highest BCUT2D eigenvalue weighted by Gasteiger charge is 2.34. The molecule has 1 unspecified atom stereocenters. The SMILES string of the molecule is CCC1Oc2ccc(-c3csc(C)n3)cc2N(CC(=O)Nc2ccc(NC(C)=O)cc2)C1=O. The molecule has 3 aromatic rings. The molecule has 0 aliphatic carbocycles. The molecule has 1 aliphatic heterocycles. The molecule has 3 amide bonds. The van der Waals surface area contributed by atoms with E-state index in [2.05, 4.69) is 15.6 Å². The summed E-state index contributed by atoms with van der Waals surface area (Å²) in [7, 11) is 0. The molecule has 8 nitrogen and oxygen atoms in total. The third-order valence-corrected chi connectivity index (χ3v) is 5.91. The molecule has 0 fully saturated rings. The number of aryl methyl sites for hydroxylation is 1. The molecule has 1 aliphatic rings. The molecule has 0 saturated heterocycles. The first kappa shape index (κ1) is 22.5. The number of hydrogen-bond donors (Lipinski definition) is 2. The van der Waals surface area contributed by atoms with Gasteiger partial charge in [-0.3, -0.25) is 19.3 Å². The van der Waals surface area contributed by atoms with Gasteiger partial charge in [0.15, 0.2) is 6.10 Å². The number of aromatic nitrogens is 1. The second-order valence-electron chi connectivity index (χ2n) is 7.68. The number of amides is 3. The maximum absolute atomic E-state index is 13.1. The van der Waals surface area contributed by atoms with Gasteiger partial charge in [-0.2, -0.15) is 0 Å². The Kier molecular flexibility index (Phi) is 6.41. The summed E-state index contributed by atoms with van der Waals surface area (Å²) in [5.41, 5.74) is 3.41. The van der Waals surface area contributed by atoms with Crippen molar-refractivity contribution in [3.63, 3.8) is 0 Å². The van der Waals surface area contributed by atoms with Crippen molar-refractivity contribution in [2.75, 3.05) is 22.1 Å². The first-order valence-corrected chi connectivity index (χ1v) is 11.4. The van der Waals surface area contributed by atoms with Crippen molar-refractivity contribution in [2.24, 2.45) is 0 Å². The van der Waals surface area contributed by atoms with Gasteiger partial charge in [0.25, 0.3) is 5.91 Å². The van der Waals surface area contributed by atoms with Crippen molar-refractivity contribution in [3.05, 3.63) is 52.9 Å². The fraction of sp³-hybridized carbons (Fsp3) is 0.250. The molecule has 2 N–H and O–H groups in total. The fourth-order valence-electron chi connectivity index (χ4n) is 3.58. The Morgan fingerprint density at radius 3 is 2.42 bits per heavy atom. The maximum atomic E-state index is 13.1. The summed E-state index contributed by atoms with van der Waals surface area (Å²) in [6, 6.07) is 12.3. The van der Waals surface area contributed by atoms with Gasteiger partial charge in [0.05, 0.1) is 16.4 Å². The van der Waals surface area contributed by atoms with Crippen molar-refractivity contribution in [3.8, 4) is 17.0 Å². The minimum Gasteiger partial charge on any atom is -0.478 e. The van der Waals surface area contributed by atoms with E-state index in [9.17, 15) is 14.4 Å². The lowest BCUT2D eigenvalue weighted by Crippen LogP contribution is -2.48. The van der Waals surface area contributed by atoms with Gasteiger partial charge >= 0.3 is 0 Å². The number of hydrogen-bond acceptors (Lipinski definition) is 6. The molecule has 2 heterocycles. The number of ether oxygens (including phenoxy) is 1. The highest BCUT2D eigenvalue weighted by atomic mass is 32.1. The van der Waals surface area contributed by atoms with Crippen LogP contribution in [0.2, 0.25) is 0 Å². The van der Waals surface area contributed by atoms with Gasteiger partial charge in [0, 0.05) is 29.2 Å². The van der Waals surface area contributed by atoms with E-state index < -0.39 is 6.10 Å². The number of nitrogens with zero attached hydrogens (tertiary/aromatic N) is 2. The summed E-state index contributed by atoms with van der Waals surface area (Å²) in [4.78, 5) is 43.0. The Balaban J connectivity index is 1.56. The number of fused-ring (bicyclic) bond motifs is 1. The van der Waals surface area contributed by atoms with Crippen molar-refractivity contribution in [2.45, 2.75) is 33.3 Å². The second kappa shape index (κ2) is 9.41. The molecular formula is C24H24N4O4S. The third-order valence-electron chi connectivity index (χ3n) is 5.14. The minimum absolute atomic E-state index is 0.154. The van der Waals surface area contributed by atoms with Crippen LogP contribution in [0.15, 0.2) is 47.8 Å². The van der Waals surface area contributed by atoms with Crippen molar-refractivity contribution in [1.82, 2.24) is 4.98 Å². The number of anilines is 3. The first-order chi connectivity index (χ1) is 15.8. The number of benzene rings is 2. The van der Waals surface area contributed by atoms with E-state index in [0.29, 0.717) is 29.2 Å². The lowest BCUT2D eigenvalue weighted by atomic mass is 10.1.